The number of aryl methyl sites for hydroxylation is 1. The fourth-order valence-electron chi connectivity index (χ4n) is 3.85. The highest BCUT2D eigenvalue weighted by molar-refractivity contribution is 5.32. The summed E-state index contributed by atoms with van der Waals surface area (Å²) in [5.41, 5.74) is 3.13. The Kier molecular flexibility index (Phi) is 4.74. The summed E-state index contributed by atoms with van der Waals surface area (Å²) in [5.74, 6) is 0. The van der Waals surface area contributed by atoms with E-state index in [0.717, 1.165) is 6.04 Å². The van der Waals surface area contributed by atoms with Gasteiger partial charge in [-0.25, -0.2) is 0 Å². The number of piperidine rings is 1. The highest BCUT2D eigenvalue weighted by Crippen LogP contribution is 2.30. The molecule has 1 aromatic rings. The standard InChI is InChI=1S/C18H28N2/c1-2-12-20-13-10-16(11-14-20)19-18-9-5-7-15-6-3-4-8-17(15)18/h3-4,6,8,16,18-19H,2,5,7,9-14H2,1H3/t18-/m1/s1. The van der Waals surface area contributed by atoms with Crippen molar-refractivity contribution < 1.29 is 0 Å². The quantitative estimate of drug-likeness (QED) is 0.902. The summed E-state index contributed by atoms with van der Waals surface area (Å²) in [6.07, 6.45) is 7.84. The van der Waals surface area contributed by atoms with Gasteiger partial charge < -0.3 is 10.2 Å². The minimum atomic E-state index is 0.600. The molecule has 0 saturated carbocycles. The zero-order chi connectivity index (χ0) is 13.8. The lowest BCUT2D eigenvalue weighted by atomic mass is 9.87. The second kappa shape index (κ2) is 6.73. The second-order valence-electron chi connectivity index (χ2n) is 6.43. The normalized spacial score (nSPS) is 24.6. The fourth-order valence-corrected chi connectivity index (χ4v) is 3.85. The molecule has 0 bridgehead atoms. The predicted octanol–water partition coefficient (Wildman–Crippen LogP) is 3.53. The Balaban J connectivity index is 1.57. The van der Waals surface area contributed by atoms with Gasteiger partial charge in [0.1, 0.15) is 0 Å². The topological polar surface area (TPSA) is 15.3 Å². The summed E-state index contributed by atoms with van der Waals surface area (Å²) in [7, 11) is 0. The molecular formula is C18H28N2. The Labute approximate surface area is 123 Å². The summed E-state index contributed by atoms with van der Waals surface area (Å²) >= 11 is 0. The highest BCUT2D eigenvalue weighted by atomic mass is 15.1. The molecular weight excluding hydrogens is 244 g/mol. The van der Waals surface area contributed by atoms with Crippen LogP contribution < -0.4 is 5.32 Å². The molecule has 2 heteroatoms. The van der Waals surface area contributed by atoms with Crippen LogP contribution in [0, 0.1) is 0 Å². The van der Waals surface area contributed by atoms with Gasteiger partial charge in [0.15, 0.2) is 0 Å². The zero-order valence-electron chi connectivity index (χ0n) is 12.8. The summed E-state index contributed by atoms with van der Waals surface area (Å²) < 4.78 is 0. The van der Waals surface area contributed by atoms with E-state index in [2.05, 4.69) is 41.4 Å². The number of benzene rings is 1. The van der Waals surface area contributed by atoms with Crippen LogP contribution in [0.5, 0.6) is 0 Å². The van der Waals surface area contributed by atoms with Crippen LogP contribution in [-0.4, -0.2) is 30.6 Å². The predicted molar refractivity (Wildman–Crippen MR) is 85.0 cm³/mol. The molecule has 2 aliphatic rings. The van der Waals surface area contributed by atoms with E-state index in [1.54, 1.807) is 11.1 Å². The van der Waals surface area contributed by atoms with Gasteiger partial charge in [-0.05, 0) is 69.3 Å². The van der Waals surface area contributed by atoms with Crippen molar-refractivity contribution in [2.24, 2.45) is 0 Å². The maximum absolute atomic E-state index is 3.95. The SMILES string of the molecule is CCCN1CCC(N[C@@H]2CCCc3ccccc32)CC1. The number of rotatable bonds is 4. The van der Waals surface area contributed by atoms with Gasteiger partial charge in [-0.2, -0.15) is 0 Å². The summed E-state index contributed by atoms with van der Waals surface area (Å²) in [6, 6.07) is 10.3. The molecule has 1 N–H and O–H groups in total. The van der Waals surface area contributed by atoms with Crippen LogP contribution in [0.25, 0.3) is 0 Å². The lowest BCUT2D eigenvalue weighted by Gasteiger charge is -2.36. The molecule has 2 nitrogen and oxygen atoms in total. The molecule has 1 aliphatic heterocycles. The van der Waals surface area contributed by atoms with Gasteiger partial charge in [0.05, 0.1) is 0 Å². The average Bonchev–Trinajstić information content (AvgIpc) is 2.50. The van der Waals surface area contributed by atoms with Crippen molar-refractivity contribution in [2.45, 2.75) is 57.5 Å². The first kappa shape index (κ1) is 14.1. The summed E-state index contributed by atoms with van der Waals surface area (Å²) in [6.45, 7) is 6.11. The lowest BCUT2D eigenvalue weighted by molar-refractivity contribution is 0.188. The van der Waals surface area contributed by atoms with Gasteiger partial charge in [-0.3, -0.25) is 0 Å². The van der Waals surface area contributed by atoms with Gasteiger partial charge >= 0.3 is 0 Å². The third-order valence-corrected chi connectivity index (χ3v) is 4.93. The van der Waals surface area contributed by atoms with Crippen molar-refractivity contribution in [3.8, 4) is 0 Å². The number of nitrogens with one attached hydrogen (secondary N) is 1. The minimum absolute atomic E-state index is 0.600. The minimum Gasteiger partial charge on any atom is -0.307 e. The average molecular weight is 272 g/mol. The molecule has 1 atom stereocenters. The van der Waals surface area contributed by atoms with Crippen molar-refractivity contribution in [1.82, 2.24) is 10.2 Å². The van der Waals surface area contributed by atoms with Crippen molar-refractivity contribution >= 4 is 0 Å². The maximum atomic E-state index is 3.95. The molecule has 0 radical (unpaired) electrons. The highest BCUT2D eigenvalue weighted by Gasteiger charge is 2.24. The Hall–Kier alpha value is -0.860. The van der Waals surface area contributed by atoms with Crippen LogP contribution in [0.1, 0.15) is 56.2 Å². The van der Waals surface area contributed by atoms with E-state index in [0.29, 0.717) is 6.04 Å². The number of nitrogens with zero attached hydrogens (tertiary/aromatic N) is 1. The summed E-state index contributed by atoms with van der Waals surface area (Å²) in [5, 5.41) is 3.95. The van der Waals surface area contributed by atoms with E-state index < -0.39 is 0 Å². The first-order chi connectivity index (χ1) is 9.86. The molecule has 1 heterocycles. The Morgan fingerprint density at radius 1 is 1.15 bits per heavy atom. The van der Waals surface area contributed by atoms with Crippen LogP contribution in [0.3, 0.4) is 0 Å². The Morgan fingerprint density at radius 2 is 1.95 bits per heavy atom. The summed E-state index contributed by atoms with van der Waals surface area (Å²) in [4.78, 5) is 2.62. The van der Waals surface area contributed by atoms with E-state index in [9.17, 15) is 0 Å². The van der Waals surface area contributed by atoms with E-state index in [4.69, 9.17) is 0 Å². The Bertz CT molecular complexity index is 421. The van der Waals surface area contributed by atoms with E-state index in [1.807, 2.05) is 0 Å². The molecule has 0 spiro atoms. The fraction of sp³-hybridized carbons (Fsp3) is 0.667. The van der Waals surface area contributed by atoms with Crippen molar-refractivity contribution in [1.29, 1.82) is 0 Å². The Morgan fingerprint density at radius 3 is 2.75 bits per heavy atom. The van der Waals surface area contributed by atoms with Crippen molar-refractivity contribution in [2.75, 3.05) is 19.6 Å². The number of hydrogen-bond donors (Lipinski definition) is 1. The molecule has 110 valence electrons. The first-order valence-corrected chi connectivity index (χ1v) is 8.43. The number of likely N-dealkylation sites (tertiary alicyclic amines) is 1. The van der Waals surface area contributed by atoms with Gasteiger partial charge in [0.2, 0.25) is 0 Å². The van der Waals surface area contributed by atoms with Crippen LogP contribution >= 0.6 is 0 Å². The van der Waals surface area contributed by atoms with Crippen LogP contribution in [0.2, 0.25) is 0 Å². The van der Waals surface area contributed by atoms with Crippen LogP contribution in [0.15, 0.2) is 24.3 Å². The lowest BCUT2D eigenvalue weighted by Crippen LogP contribution is -2.44. The van der Waals surface area contributed by atoms with Crippen molar-refractivity contribution in [3.63, 3.8) is 0 Å². The maximum Gasteiger partial charge on any atom is 0.0325 e. The van der Waals surface area contributed by atoms with Crippen LogP contribution in [-0.2, 0) is 6.42 Å². The van der Waals surface area contributed by atoms with Crippen LogP contribution in [0.4, 0.5) is 0 Å². The molecule has 1 aromatic carbocycles. The third kappa shape index (κ3) is 3.24. The molecule has 0 aromatic heterocycles. The third-order valence-electron chi connectivity index (χ3n) is 4.93. The van der Waals surface area contributed by atoms with Gasteiger partial charge in [-0.15, -0.1) is 0 Å². The second-order valence-corrected chi connectivity index (χ2v) is 6.43. The van der Waals surface area contributed by atoms with Gasteiger partial charge in [0, 0.05) is 12.1 Å². The molecule has 1 saturated heterocycles. The largest absolute Gasteiger partial charge is 0.307 e. The van der Waals surface area contributed by atoms with E-state index in [1.165, 1.54) is 58.2 Å². The van der Waals surface area contributed by atoms with Gasteiger partial charge in [-0.1, -0.05) is 31.2 Å². The molecule has 0 amide bonds. The monoisotopic (exact) mass is 272 g/mol. The van der Waals surface area contributed by atoms with E-state index >= 15 is 0 Å². The van der Waals surface area contributed by atoms with Crippen molar-refractivity contribution in [3.05, 3.63) is 35.4 Å². The molecule has 0 unspecified atom stereocenters. The van der Waals surface area contributed by atoms with E-state index in [-0.39, 0.29) is 0 Å². The number of fused-ring (bicyclic) bond motifs is 1. The number of hydrogen-bond acceptors (Lipinski definition) is 2. The molecule has 20 heavy (non-hydrogen) atoms. The molecule has 1 aliphatic carbocycles. The first-order valence-electron chi connectivity index (χ1n) is 8.43. The van der Waals surface area contributed by atoms with Gasteiger partial charge in [0.25, 0.3) is 0 Å². The molecule has 3 rings (SSSR count). The zero-order valence-corrected chi connectivity index (χ0v) is 12.8. The smallest absolute Gasteiger partial charge is 0.0325 e. The molecule has 1 fully saturated rings.